The molecule has 16 heavy (non-hydrogen) atoms. The lowest BCUT2D eigenvalue weighted by molar-refractivity contribution is 0.532. The molecule has 0 spiro atoms. The van der Waals surface area contributed by atoms with Crippen molar-refractivity contribution in [1.29, 1.82) is 0 Å². The number of rotatable bonds is 2. The van der Waals surface area contributed by atoms with E-state index in [0.717, 1.165) is 16.9 Å². The minimum atomic E-state index is -0.325. The van der Waals surface area contributed by atoms with Crippen LogP contribution in [-0.2, 0) is 0 Å². The van der Waals surface area contributed by atoms with Gasteiger partial charge in [-0.3, -0.25) is 0 Å². The highest BCUT2D eigenvalue weighted by atomic mass is 79.9. The quantitative estimate of drug-likeness (QED) is 0.725. The van der Waals surface area contributed by atoms with Crippen LogP contribution < -0.4 is 0 Å². The lowest BCUT2D eigenvalue weighted by Gasteiger charge is -2.08. The number of benzene rings is 1. The van der Waals surface area contributed by atoms with Gasteiger partial charge in [0, 0.05) is 5.56 Å². The average Bonchev–Trinajstić information content (AvgIpc) is 2.68. The van der Waals surface area contributed by atoms with Crippen LogP contribution in [0.15, 0.2) is 39.4 Å². The standard InChI is InChI=1S/C12H9BrClFO/c1-7-4-9(6-16-7)12(14)8-2-3-11(15)10(13)5-8/h2-6,12H,1H3. The minimum Gasteiger partial charge on any atom is -0.469 e. The third-order valence-electron chi connectivity index (χ3n) is 2.28. The number of aryl methyl sites for hydroxylation is 1. The van der Waals surface area contributed by atoms with E-state index in [1.165, 1.54) is 6.07 Å². The van der Waals surface area contributed by atoms with Crippen LogP contribution in [-0.4, -0.2) is 0 Å². The molecular formula is C12H9BrClFO. The third kappa shape index (κ3) is 2.30. The summed E-state index contributed by atoms with van der Waals surface area (Å²) >= 11 is 9.40. The van der Waals surface area contributed by atoms with Gasteiger partial charge in [-0.2, -0.15) is 0 Å². The maximum Gasteiger partial charge on any atom is 0.137 e. The topological polar surface area (TPSA) is 13.1 Å². The van der Waals surface area contributed by atoms with Crippen LogP contribution in [0, 0.1) is 12.7 Å². The summed E-state index contributed by atoms with van der Waals surface area (Å²) in [7, 11) is 0. The fourth-order valence-electron chi connectivity index (χ4n) is 1.46. The predicted molar refractivity (Wildman–Crippen MR) is 65.2 cm³/mol. The molecule has 2 rings (SSSR count). The molecule has 1 nitrogen and oxygen atoms in total. The van der Waals surface area contributed by atoms with Gasteiger partial charge in [-0.15, -0.1) is 11.6 Å². The van der Waals surface area contributed by atoms with E-state index < -0.39 is 0 Å². The molecular weight excluding hydrogens is 294 g/mol. The highest BCUT2D eigenvalue weighted by Gasteiger charge is 2.14. The smallest absolute Gasteiger partial charge is 0.137 e. The molecule has 1 aromatic carbocycles. The summed E-state index contributed by atoms with van der Waals surface area (Å²) in [6.45, 7) is 1.85. The summed E-state index contributed by atoms with van der Waals surface area (Å²) in [5.74, 6) is 0.512. The predicted octanol–water partition coefficient (Wildman–Crippen LogP) is 4.82. The summed E-state index contributed by atoms with van der Waals surface area (Å²) in [6.07, 6.45) is 1.62. The first-order valence-electron chi connectivity index (χ1n) is 4.72. The van der Waals surface area contributed by atoms with Crippen LogP contribution >= 0.6 is 27.5 Å². The normalized spacial score (nSPS) is 12.8. The molecule has 84 valence electrons. The summed E-state index contributed by atoms with van der Waals surface area (Å²) < 4.78 is 18.7. The van der Waals surface area contributed by atoms with E-state index >= 15 is 0 Å². The fraction of sp³-hybridized carbons (Fsp3) is 0.167. The van der Waals surface area contributed by atoms with Crippen molar-refractivity contribution in [3.63, 3.8) is 0 Å². The average molecular weight is 304 g/mol. The van der Waals surface area contributed by atoms with Crippen molar-refractivity contribution in [2.75, 3.05) is 0 Å². The molecule has 0 saturated carbocycles. The fourth-order valence-corrected chi connectivity index (χ4v) is 2.11. The van der Waals surface area contributed by atoms with Crippen LogP contribution in [0.3, 0.4) is 0 Å². The van der Waals surface area contributed by atoms with Crippen molar-refractivity contribution >= 4 is 27.5 Å². The molecule has 0 fully saturated rings. The van der Waals surface area contributed by atoms with Gasteiger partial charge in [-0.25, -0.2) is 4.39 Å². The van der Waals surface area contributed by atoms with Gasteiger partial charge in [0.2, 0.25) is 0 Å². The first-order chi connectivity index (χ1) is 7.58. The lowest BCUT2D eigenvalue weighted by atomic mass is 10.1. The van der Waals surface area contributed by atoms with Gasteiger partial charge in [0.1, 0.15) is 11.6 Å². The Morgan fingerprint density at radius 3 is 2.62 bits per heavy atom. The molecule has 0 radical (unpaired) electrons. The van der Waals surface area contributed by atoms with Crippen LogP contribution in [0.1, 0.15) is 22.3 Å². The maximum atomic E-state index is 13.1. The van der Waals surface area contributed by atoms with Gasteiger partial charge < -0.3 is 4.42 Å². The molecule has 0 aliphatic carbocycles. The van der Waals surface area contributed by atoms with Crippen molar-refractivity contribution in [3.8, 4) is 0 Å². The van der Waals surface area contributed by atoms with E-state index in [1.54, 1.807) is 18.4 Å². The Balaban J connectivity index is 2.33. The van der Waals surface area contributed by atoms with E-state index in [2.05, 4.69) is 15.9 Å². The number of hydrogen-bond donors (Lipinski definition) is 0. The molecule has 0 aliphatic rings. The number of alkyl halides is 1. The molecule has 1 unspecified atom stereocenters. The van der Waals surface area contributed by atoms with Gasteiger partial charge in [0.05, 0.1) is 16.1 Å². The zero-order valence-electron chi connectivity index (χ0n) is 8.51. The molecule has 2 aromatic rings. The molecule has 0 saturated heterocycles. The Morgan fingerprint density at radius 2 is 2.06 bits per heavy atom. The van der Waals surface area contributed by atoms with Crippen molar-refractivity contribution in [2.45, 2.75) is 12.3 Å². The Labute approximate surface area is 106 Å². The summed E-state index contributed by atoms with van der Waals surface area (Å²) in [5.41, 5.74) is 1.70. The molecule has 0 amide bonds. The second-order valence-electron chi connectivity index (χ2n) is 3.53. The van der Waals surface area contributed by atoms with Gasteiger partial charge in [0.25, 0.3) is 0 Å². The number of hydrogen-bond acceptors (Lipinski definition) is 1. The van der Waals surface area contributed by atoms with E-state index in [9.17, 15) is 4.39 Å². The molecule has 0 aliphatic heterocycles. The Morgan fingerprint density at radius 1 is 1.31 bits per heavy atom. The van der Waals surface area contributed by atoms with Crippen LogP contribution in [0.4, 0.5) is 4.39 Å². The zero-order valence-corrected chi connectivity index (χ0v) is 10.8. The van der Waals surface area contributed by atoms with Crippen molar-refractivity contribution in [2.24, 2.45) is 0 Å². The molecule has 0 N–H and O–H groups in total. The molecule has 1 aromatic heterocycles. The van der Waals surface area contributed by atoms with Crippen molar-refractivity contribution in [3.05, 3.63) is 57.7 Å². The van der Waals surface area contributed by atoms with E-state index in [4.69, 9.17) is 16.0 Å². The first-order valence-corrected chi connectivity index (χ1v) is 5.95. The first kappa shape index (κ1) is 11.7. The van der Waals surface area contributed by atoms with E-state index in [0.29, 0.717) is 4.47 Å². The Bertz CT molecular complexity index is 509. The summed E-state index contributed by atoms with van der Waals surface area (Å²) in [5, 5.41) is -0.325. The summed E-state index contributed by atoms with van der Waals surface area (Å²) in [6, 6.07) is 6.60. The SMILES string of the molecule is Cc1cc(C(Cl)c2ccc(F)c(Br)c2)co1. The largest absolute Gasteiger partial charge is 0.469 e. The zero-order chi connectivity index (χ0) is 11.7. The molecule has 4 heteroatoms. The lowest BCUT2D eigenvalue weighted by Crippen LogP contribution is -1.92. The highest BCUT2D eigenvalue weighted by Crippen LogP contribution is 2.32. The Kier molecular flexibility index (Phi) is 3.36. The van der Waals surface area contributed by atoms with Crippen molar-refractivity contribution in [1.82, 2.24) is 0 Å². The highest BCUT2D eigenvalue weighted by molar-refractivity contribution is 9.10. The van der Waals surface area contributed by atoms with Crippen LogP contribution in [0.25, 0.3) is 0 Å². The second-order valence-corrected chi connectivity index (χ2v) is 4.82. The molecule has 1 atom stereocenters. The summed E-state index contributed by atoms with van der Waals surface area (Å²) in [4.78, 5) is 0. The van der Waals surface area contributed by atoms with Crippen LogP contribution in [0.5, 0.6) is 0 Å². The maximum absolute atomic E-state index is 13.1. The van der Waals surface area contributed by atoms with Gasteiger partial charge in [-0.1, -0.05) is 6.07 Å². The van der Waals surface area contributed by atoms with E-state index in [-0.39, 0.29) is 11.2 Å². The van der Waals surface area contributed by atoms with Gasteiger partial charge >= 0.3 is 0 Å². The molecule has 1 heterocycles. The second kappa shape index (κ2) is 4.60. The monoisotopic (exact) mass is 302 g/mol. The minimum absolute atomic E-state index is 0.295. The Hall–Kier alpha value is -0.800. The van der Waals surface area contributed by atoms with Gasteiger partial charge in [0.15, 0.2) is 0 Å². The van der Waals surface area contributed by atoms with Crippen LogP contribution in [0.2, 0.25) is 0 Å². The number of furan rings is 1. The van der Waals surface area contributed by atoms with Crippen molar-refractivity contribution < 1.29 is 8.81 Å². The van der Waals surface area contributed by atoms with E-state index in [1.807, 2.05) is 13.0 Å². The van der Waals surface area contributed by atoms with Gasteiger partial charge in [-0.05, 0) is 46.6 Å². The molecule has 0 bridgehead atoms. The number of halogens is 3. The third-order valence-corrected chi connectivity index (χ3v) is 3.39.